The predicted octanol–water partition coefficient (Wildman–Crippen LogP) is 4.30. The van der Waals surface area contributed by atoms with Gasteiger partial charge in [-0.15, -0.1) is 0 Å². The second-order valence-corrected chi connectivity index (χ2v) is 17.7. The zero-order valence-corrected chi connectivity index (χ0v) is 19.0. The van der Waals surface area contributed by atoms with Gasteiger partial charge < -0.3 is 0 Å². The second kappa shape index (κ2) is 9.62. The van der Waals surface area contributed by atoms with Crippen LogP contribution in [0.4, 0.5) is 0 Å². The predicted molar refractivity (Wildman–Crippen MR) is 120 cm³/mol. The summed E-state index contributed by atoms with van der Waals surface area (Å²) in [6, 6.07) is 33.0. The van der Waals surface area contributed by atoms with E-state index < -0.39 is 18.4 Å². The van der Waals surface area contributed by atoms with E-state index in [2.05, 4.69) is 127 Å². The zero-order valence-electron chi connectivity index (χ0n) is 16.1. The van der Waals surface area contributed by atoms with E-state index in [4.69, 9.17) is 0 Å². The molecule has 0 saturated heterocycles. The molecule has 3 aromatic rings. The fourth-order valence-corrected chi connectivity index (χ4v) is 15.0. The van der Waals surface area contributed by atoms with E-state index in [1.54, 1.807) is 0 Å². The van der Waals surface area contributed by atoms with Gasteiger partial charge in [0.05, 0.1) is 0 Å². The molecule has 0 aliphatic rings. The van der Waals surface area contributed by atoms with Crippen LogP contribution in [0.1, 0.15) is 20.3 Å². The third-order valence-corrected chi connectivity index (χ3v) is 17.3. The van der Waals surface area contributed by atoms with Gasteiger partial charge in [0.1, 0.15) is 0 Å². The van der Waals surface area contributed by atoms with Crippen LogP contribution in [0.5, 0.6) is 0 Å². The van der Waals surface area contributed by atoms with Crippen molar-refractivity contribution in [2.75, 3.05) is 0 Å². The quantitative estimate of drug-likeness (QED) is 0.396. The molecule has 0 bridgehead atoms. The third kappa shape index (κ3) is 4.73. The summed E-state index contributed by atoms with van der Waals surface area (Å²) in [6.45, 7) is 4.42. The van der Waals surface area contributed by atoms with Crippen LogP contribution in [-0.4, -0.2) is 18.4 Å². The molecular weight excluding hydrogens is 431 g/mol. The van der Waals surface area contributed by atoms with Crippen LogP contribution in [-0.2, 0) is 0 Å². The Labute approximate surface area is 167 Å². The first-order valence-electron chi connectivity index (χ1n) is 9.56. The molecule has 27 heavy (non-hydrogen) atoms. The van der Waals surface area contributed by atoms with Crippen LogP contribution in [0, 0.1) is 17.8 Å². The van der Waals surface area contributed by atoms with Gasteiger partial charge in [0.2, 0.25) is 0 Å². The number of rotatable bonds is 5. The Kier molecular flexibility index (Phi) is 6.96. The number of allylic oxidation sites excluding steroid dienone is 1. The van der Waals surface area contributed by atoms with Gasteiger partial charge in [-0.05, 0) is 0 Å². The monoisotopic (exact) mass is 458 g/mol. The van der Waals surface area contributed by atoms with Crippen molar-refractivity contribution in [3.05, 3.63) is 101 Å². The molecule has 0 spiro atoms. The Hall–Kier alpha value is -2.24. The summed E-state index contributed by atoms with van der Waals surface area (Å²) >= 11 is -3.27. The molecule has 0 aliphatic carbocycles. The average Bonchev–Trinajstić information content (AvgIpc) is 2.73. The molecule has 0 saturated carbocycles. The van der Waals surface area contributed by atoms with Gasteiger partial charge >= 0.3 is 168 Å². The van der Waals surface area contributed by atoms with Crippen molar-refractivity contribution in [3.8, 4) is 11.8 Å². The molecule has 0 fully saturated rings. The first-order valence-corrected chi connectivity index (χ1v) is 15.5. The van der Waals surface area contributed by atoms with Gasteiger partial charge in [0.25, 0.3) is 0 Å². The average molecular weight is 457 g/mol. The summed E-state index contributed by atoms with van der Waals surface area (Å²) in [5, 5.41) is 0. The second-order valence-electron chi connectivity index (χ2n) is 7.16. The maximum absolute atomic E-state index is 3.31. The van der Waals surface area contributed by atoms with Gasteiger partial charge in [-0.2, -0.15) is 0 Å². The summed E-state index contributed by atoms with van der Waals surface area (Å²) in [5.74, 6) is 7.22. The van der Waals surface area contributed by atoms with Gasteiger partial charge in [0, 0.05) is 0 Å². The summed E-state index contributed by atoms with van der Waals surface area (Å²) in [7, 11) is 0. The molecule has 0 amide bonds. The number of benzene rings is 3. The SMILES string of the molecule is CC(C)CC#CC=[CH][Sn]([c]1ccccc1)([c]1ccccc1)[c]1ccccc1. The molecule has 0 heterocycles. The molecule has 0 aliphatic heterocycles. The van der Waals surface area contributed by atoms with Gasteiger partial charge in [-0.25, -0.2) is 0 Å². The summed E-state index contributed by atoms with van der Waals surface area (Å²) in [5.41, 5.74) is 0. The van der Waals surface area contributed by atoms with E-state index in [1.807, 2.05) is 0 Å². The number of hydrogen-bond donors (Lipinski definition) is 0. The van der Waals surface area contributed by atoms with E-state index in [0.29, 0.717) is 5.92 Å². The topological polar surface area (TPSA) is 0 Å². The summed E-state index contributed by atoms with van der Waals surface area (Å²) in [4.78, 5) is 0. The standard InChI is InChI=1S/C8H11.3C6H5.Sn/c1-4-5-6-7-8(2)3;3*1-2-4-6-5-3-1;/h1,4,8H,7H2,2-3H3;3*1-5H;. The minimum atomic E-state index is -3.27. The van der Waals surface area contributed by atoms with Crippen molar-refractivity contribution in [3.63, 3.8) is 0 Å². The fraction of sp³-hybridized carbons (Fsp3) is 0.154. The summed E-state index contributed by atoms with van der Waals surface area (Å²) in [6.07, 6.45) is 3.06. The summed E-state index contributed by atoms with van der Waals surface area (Å²) < 4.78 is 6.81. The Balaban J connectivity index is 2.19. The molecule has 3 rings (SSSR count). The zero-order chi connectivity index (χ0) is 19.0. The molecule has 0 atom stereocenters. The Morgan fingerprint density at radius 2 is 1.11 bits per heavy atom. The van der Waals surface area contributed by atoms with Crippen molar-refractivity contribution in [2.24, 2.45) is 5.92 Å². The fourth-order valence-electron chi connectivity index (χ4n) is 3.38. The van der Waals surface area contributed by atoms with E-state index in [0.717, 1.165) is 6.42 Å². The third-order valence-electron chi connectivity index (χ3n) is 4.72. The molecular formula is C26H26Sn. The van der Waals surface area contributed by atoms with Crippen molar-refractivity contribution >= 4 is 29.1 Å². The van der Waals surface area contributed by atoms with Crippen LogP contribution in [0.15, 0.2) is 101 Å². The normalized spacial score (nSPS) is 11.4. The molecule has 3 aromatic carbocycles. The molecule has 0 unspecified atom stereocenters. The van der Waals surface area contributed by atoms with E-state index in [1.165, 1.54) is 10.7 Å². The van der Waals surface area contributed by atoms with Crippen LogP contribution >= 0.6 is 0 Å². The van der Waals surface area contributed by atoms with E-state index in [-0.39, 0.29) is 0 Å². The molecule has 1 heteroatoms. The van der Waals surface area contributed by atoms with Crippen LogP contribution in [0.3, 0.4) is 0 Å². The Morgan fingerprint density at radius 3 is 1.48 bits per heavy atom. The molecule has 0 N–H and O–H groups in total. The number of hydrogen-bond acceptors (Lipinski definition) is 0. The minimum absolute atomic E-state index is 0.608. The van der Waals surface area contributed by atoms with E-state index in [9.17, 15) is 0 Å². The van der Waals surface area contributed by atoms with E-state index >= 15 is 0 Å². The van der Waals surface area contributed by atoms with Crippen LogP contribution in [0.2, 0.25) is 0 Å². The van der Waals surface area contributed by atoms with Gasteiger partial charge in [0.15, 0.2) is 0 Å². The first-order chi connectivity index (χ1) is 13.2. The van der Waals surface area contributed by atoms with Crippen molar-refractivity contribution in [2.45, 2.75) is 20.3 Å². The van der Waals surface area contributed by atoms with Crippen LogP contribution < -0.4 is 10.7 Å². The Morgan fingerprint density at radius 1 is 0.704 bits per heavy atom. The molecule has 0 nitrogen and oxygen atoms in total. The van der Waals surface area contributed by atoms with Crippen molar-refractivity contribution < 1.29 is 0 Å². The Bertz CT molecular complexity index is 817. The maximum atomic E-state index is 3.31. The molecule has 134 valence electrons. The van der Waals surface area contributed by atoms with Crippen molar-refractivity contribution in [1.29, 1.82) is 0 Å². The van der Waals surface area contributed by atoms with Crippen LogP contribution in [0.25, 0.3) is 0 Å². The molecule has 0 radical (unpaired) electrons. The molecule has 0 aromatic heterocycles. The van der Waals surface area contributed by atoms with Crippen molar-refractivity contribution in [1.82, 2.24) is 0 Å². The van der Waals surface area contributed by atoms with Gasteiger partial charge in [-0.3, -0.25) is 0 Å². The van der Waals surface area contributed by atoms with Gasteiger partial charge in [-0.1, -0.05) is 0 Å². The first kappa shape index (κ1) is 19.5.